The van der Waals surface area contributed by atoms with Gasteiger partial charge in [0.1, 0.15) is 0 Å². The smallest absolute Gasteiger partial charge is 0.0938 e. The highest BCUT2D eigenvalue weighted by Gasteiger charge is 1.92. The van der Waals surface area contributed by atoms with Gasteiger partial charge in [0, 0.05) is 6.42 Å². The van der Waals surface area contributed by atoms with Crippen molar-refractivity contribution in [3.63, 3.8) is 0 Å². The zero-order valence-corrected chi connectivity index (χ0v) is 6.76. The van der Waals surface area contributed by atoms with E-state index in [2.05, 4.69) is 6.92 Å². The Balaban J connectivity index is 3.49. The first-order chi connectivity index (χ1) is 4.85. The fourth-order valence-electron chi connectivity index (χ4n) is 0.740. The van der Waals surface area contributed by atoms with Crippen molar-refractivity contribution in [1.29, 1.82) is 0 Å². The fraction of sp³-hybridized carbons (Fsp3) is 0.750. The van der Waals surface area contributed by atoms with Crippen LogP contribution in [0.3, 0.4) is 0 Å². The predicted molar refractivity (Wildman–Crippen MR) is 41.7 cm³/mol. The van der Waals surface area contributed by atoms with E-state index in [1.807, 2.05) is 0 Å². The number of aliphatic hydroxyl groups excluding tert-OH is 1. The molecule has 60 valence electrons. The summed E-state index contributed by atoms with van der Waals surface area (Å²) in [7, 11) is 1.64. The number of aliphatic hydroxyl groups is 1. The molecule has 0 spiro atoms. The average molecular weight is 144 g/mol. The van der Waals surface area contributed by atoms with Crippen LogP contribution in [0.5, 0.6) is 0 Å². The number of ether oxygens (including phenoxy) is 1. The molecule has 0 rings (SSSR count). The second-order valence-corrected chi connectivity index (χ2v) is 2.16. The van der Waals surface area contributed by atoms with Crippen LogP contribution in [0.25, 0.3) is 0 Å². The molecule has 0 aliphatic heterocycles. The van der Waals surface area contributed by atoms with Gasteiger partial charge in [-0.2, -0.15) is 0 Å². The zero-order valence-electron chi connectivity index (χ0n) is 6.76. The summed E-state index contributed by atoms with van der Waals surface area (Å²) in [5.74, 6) is 0.893. The van der Waals surface area contributed by atoms with Crippen LogP contribution in [-0.2, 0) is 4.74 Å². The normalized spacial score (nSPS) is 11.7. The summed E-state index contributed by atoms with van der Waals surface area (Å²) in [5.41, 5.74) is 0. The van der Waals surface area contributed by atoms with Gasteiger partial charge in [0.2, 0.25) is 0 Å². The van der Waals surface area contributed by atoms with Gasteiger partial charge in [-0.1, -0.05) is 13.3 Å². The first-order valence-corrected chi connectivity index (χ1v) is 3.69. The van der Waals surface area contributed by atoms with Crippen LogP contribution < -0.4 is 0 Å². The molecule has 0 unspecified atom stereocenters. The first-order valence-electron chi connectivity index (χ1n) is 3.69. The number of hydrogen-bond acceptors (Lipinski definition) is 2. The molecule has 0 aliphatic carbocycles. The number of methoxy groups -OCH3 is 1. The SMILES string of the molecule is CCCC/C(=C/CO)OC. The minimum Gasteiger partial charge on any atom is -0.501 e. The zero-order chi connectivity index (χ0) is 7.82. The first kappa shape index (κ1) is 9.50. The summed E-state index contributed by atoms with van der Waals surface area (Å²) in [6, 6.07) is 0. The molecule has 0 aromatic rings. The van der Waals surface area contributed by atoms with Crippen molar-refractivity contribution in [3.8, 4) is 0 Å². The largest absolute Gasteiger partial charge is 0.501 e. The Morgan fingerprint density at radius 3 is 2.70 bits per heavy atom. The second-order valence-electron chi connectivity index (χ2n) is 2.16. The molecular weight excluding hydrogens is 128 g/mol. The molecule has 2 nitrogen and oxygen atoms in total. The quantitative estimate of drug-likeness (QED) is 0.595. The van der Waals surface area contributed by atoms with Gasteiger partial charge in [0.15, 0.2) is 0 Å². The summed E-state index contributed by atoms with van der Waals surface area (Å²) < 4.78 is 4.99. The highest BCUT2D eigenvalue weighted by Crippen LogP contribution is 2.06. The molecule has 0 radical (unpaired) electrons. The Bertz CT molecular complexity index is 97.4. The monoisotopic (exact) mass is 144 g/mol. The number of hydrogen-bond donors (Lipinski definition) is 1. The van der Waals surface area contributed by atoms with Gasteiger partial charge in [0.05, 0.1) is 19.5 Å². The number of rotatable bonds is 5. The minimum absolute atomic E-state index is 0.0763. The maximum absolute atomic E-state index is 8.51. The summed E-state index contributed by atoms with van der Waals surface area (Å²) >= 11 is 0. The van der Waals surface area contributed by atoms with E-state index >= 15 is 0 Å². The highest BCUT2D eigenvalue weighted by molar-refractivity contribution is 4.91. The van der Waals surface area contributed by atoms with Gasteiger partial charge >= 0.3 is 0 Å². The molecule has 0 saturated carbocycles. The van der Waals surface area contributed by atoms with Gasteiger partial charge in [0.25, 0.3) is 0 Å². The van der Waals surface area contributed by atoms with Crippen molar-refractivity contribution in [2.75, 3.05) is 13.7 Å². The Morgan fingerprint density at radius 1 is 1.60 bits per heavy atom. The molecule has 0 fully saturated rings. The average Bonchev–Trinajstić information content (AvgIpc) is 1.98. The van der Waals surface area contributed by atoms with Gasteiger partial charge in [-0.15, -0.1) is 0 Å². The lowest BCUT2D eigenvalue weighted by atomic mass is 10.2. The molecule has 0 aliphatic rings. The summed E-state index contributed by atoms with van der Waals surface area (Å²) in [5, 5.41) is 8.51. The van der Waals surface area contributed by atoms with E-state index in [0.29, 0.717) is 0 Å². The van der Waals surface area contributed by atoms with Crippen molar-refractivity contribution in [3.05, 3.63) is 11.8 Å². The molecule has 0 amide bonds. The molecule has 0 atom stereocenters. The molecule has 0 heterocycles. The van der Waals surface area contributed by atoms with Gasteiger partial charge in [-0.05, 0) is 12.5 Å². The Morgan fingerprint density at radius 2 is 2.30 bits per heavy atom. The summed E-state index contributed by atoms with van der Waals surface area (Å²) in [6.07, 6.45) is 4.93. The summed E-state index contributed by atoms with van der Waals surface area (Å²) in [4.78, 5) is 0. The molecule has 0 bridgehead atoms. The third kappa shape index (κ3) is 4.39. The molecular formula is C8H16O2. The topological polar surface area (TPSA) is 29.5 Å². The van der Waals surface area contributed by atoms with Gasteiger partial charge < -0.3 is 9.84 Å². The van der Waals surface area contributed by atoms with Crippen molar-refractivity contribution < 1.29 is 9.84 Å². The second kappa shape index (κ2) is 6.62. The lowest BCUT2D eigenvalue weighted by molar-refractivity contribution is 0.263. The third-order valence-corrected chi connectivity index (χ3v) is 1.36. The van der Waals surface area contributed by atoms with Crippen LogP contribution in [0, 0.1) is 0 Å². The van der Waals surface area contributed by atoms with E-state index in [0.717, 1.165) is 25.0 Å². The maximum atomic E-state index is 8.51. The van der Waals surface area contributed by atoms with Gasteiger partial charge in [-0.25, -0.2) is 0 Å². The maximum Gasteiger partial charge on any atom is 0.0938 e. The van der Waals surface area contributed by atoms with Crippen molar-refractivity contribution >= 4 is 0 Å². The molecule has 0 aromatic heterocycles. The highest BCUT2D eigenvalue weighted by atomic mass is 16.5. The van der Waals surface area contributed by atoms with E-state index < -0.39 is 0 Å². The van der Waals surface area contributed by atoms with Crippen LogP contribution in [0.15, 0.2) is 11.8 Å². The van der Waals surface area contributed by atoms with Gasteiger partial charge in [-0.3, -0.25) is 0 Å². The van der Waals surface area contributed by atoms with Crippen LogP contribution in [-0.4, -0.2) is 18.8 Å². The molecule has 0 aromatic carbocycles. The van der Waals surface area contributed by atoms with E-state index in [9.17, 15) is 0 Å². The fourth-order valence-corrected chi connectivity index (χ4v) is 0.740. The van der Waals surface area contributed by atoms with E-state index in [1.54, 1.807) is 13.2 Å². The van der Waals surface area contributed by atoms with Crippen molar-refractivity contribution in [1.82, 2.24) is 0 Å². The predicted octanol–water partition coefficient (Wildman–Crippen LogP) is 1.70. The van der Waals surface area contributed by atoms with Crippen LogP contribution in [0.2, 0.25) is 0 Å². The van der Waals surface area contributed by atoms with Crippen LogP contribution in [0.1, 0.15) is 26.2 Å². The van der Waals surface area contributed by atoms with E-state index in [1.165, 1.54) is 0 Å². The summed E-state index contributed by atoms with van der Waals surface area (Å²) in [6.45, 7) is 2.21. The standard InChI is InChI=1S/C8H16O2/c1-3-4-5-8(10-2)6-7-9/h6,9H,3-5,7H2,1-2H3/b8-6-. The van der Waals surface area contributed by atoms with Crippen LogP contribution >= 0.6 is 0 Å². The van der Waals surface area contributed by atoms with Crippen molar-refractivity contribution in [2.24, 2.45) is 0 Å². The van der Waals surface area contributed by atoms with Crippen LogP contribution in [0.4, 0.5) is 0 Å². The molecule has 10 heavy (non-hydrogen) atoms. The lowest BCUT2D eigenvalue weighted by Crippen LogP contribution is -1.88. The Labute approximate surface area is 62.5 Å². The number of unbranched alkanes of at least 4 members (excludes halogenated alkanes) is 1. The lowest BCUT2D eigenvalue weighted by Gasteiger charge is -2.03. The molecule has 0 saturated heterocycles. The van der Waals surface area contributed by atoms with E-state index in [-0.39, 0.29) is 6.61 Å². The number of allylic oxidation sites excluding steroid dienone is 1. The van der Waals surface area contributed by atoms with Crippen molar-refractivity contribution in [2.45, 2.75) is 26.2 Å². The third-order valence-electron chi connectivity index (χ3n) is 1.36. The minimum atomic E-state index is 0.0763. The molecule has 1 N–H and O–H groups in total. The Kier molecular flexibility index (Phi) is 6.29. The molecule has 2 heteroatoms. The van der Waals surface area contributed by atoms with E-state index in [4.69, 9.17) is 9.84 Å². The Hall–Kier alpha value is -0.500.